The van der Waals surface area contributed by atoms with E-state index in [4.69, 9.17) is 9.97 Å². The first-order valence-corrected chi connectivity index (χ1v) is 11.8. The SMILES string of the molecule is CC(C)(C)c1nc2cc3c(cc2c2nc4cc5c(cc4n12)C1CC[C@@H]51)[C@@H]1CC[C@H]3C1. The zero-order chi connectivity index (χ0) is 19.9. The second kappa shape index (κ2) is 4.90. The van der Waals surface area contributed by atoms with Crippen LogP contribution in [0.25, 0.3) is 27.6 Å². The van der Waals surface area contributed by atoms with Gasteiger partial charge in [0.1, 0.15) is 11.5 Å². The van der Waals surface area contributed by atoms with Crippen molar-refractivity contribution in [3.63, 3.8) is 0 Å². The standard InChI is InChI=1S/C27H27N3/c1-27(2,3)26-29-22-10-18-14-5-4-13(8-14)17(18)9-21(22)25-28-23-11-19-15-6-7-16(15)20(19)12-24(23)30(25)26/h9-16H,4-8H2,1-3H3/t13-,14+,15-,16?/m1/s1. The fourth-order valence-corrected chi connectivity index (χ4v) is 7.16. The van der Waals surface area contributed by atoms with Gasteiger partial charge in [0.2, 0.25) is 0 Å². The van der Waals surface area contributed by atoms with Crippen molar-refractivity contribution in [2.75, 3.05) is 0 Å². The predicted molar refractivity (Wildman–Crippen MR) is 121 cm³/mol. The highest BCUT2D eigenvalue weighted by molar-refractivity contribution is 5.98. The van der Waals surface area contributed by atoms with E-state index in [2.05, 4.69) is 49.4 Å². The number of nitrogens with zero attached hydrogens (tertiary/aromatic N) is 3. The van der Waals surface area contributed by atoms with E-state index in [1.165, 1.54) is 43.0 Å². The third kappa shape index (κ3) is 1.76. The van der Waals surface area contributed by atoms with Crippen LogP contribution in [-0.4, -0.2) is 14.4 Å². The van der Waals surface area contributed by atoms with Gasteiger partial charge in [-0.1, -0.05) is 20.8 Å². The van der Waals surface area contributed by atoms with Gasteiger partial charge < -0.3 is 0 Å². The molecule has 30 heavy (non-hydrogen) atoms. The van der Waals surface area contributed by atoms with Gasteiger partial charge in [-0.05, 0) is 102 Å². The maximum Gasteiger partial charge on any atom is 0.148 e. The summed E-state index contributed by atoms with van der Waals surface area (Å²) in [6, 6.07) is 9.72. The number of aromatic nitrogens is 3. The molecule has 150 valence electrons. The number of rotatable bonds is 0. The molecule has 4 aromatic rings. The minimum Gasteiger partial charge on any atom is -0.279 e. The maximum atomic E-state index is 5.30. The first-order valence-electron chi connectivity index (χ1n) is 11.8. The summed E-state index contributed by atoms with van der Waals surface area (Å²) in [6.07, 6.45) is 6.79. The molecule has 2 aromatic heterocycles. The molecule has 2 heterocycles. The average Bonchev–Trinajstić information content (AvgIpc) is 3.38. The molecule has 3 nitrogen and oxygen atoms in total. The lowest BCUT2D eigenvalue weighted by molar-refractivity contribution is 0.295. The third-order valence-corrected chi connectivity index (χ3v) is 8.80. The Morgan fingerprint density at radius 1 is 0.767 bits per heavy atom. The lowest BCUT2D eigenvalue weighted by Crippen LogP contribution is -2.32. The lowest BCUT2D eigenvalue weighted by Gasteiger charge is -2.48. The Hall–Kier alpha value is -2.42. The molecule has 3 heteroatoms. The van der Waals surface area contributed by atoms with Crippen LogP contribution in [-0.2, 0) is 5.41 Å². The highest BCUT2D eigenvalue weighted by Crippen LogP contribution is 2.60. The molecule has 0 aliphatic heterocycles. The number of benzene rings is 2. The first kappa shape index (κ1) is 16.3. The summed E-state index contributed by atoms with van der Waals surface area (Å²) in [4.78, 5) is 10.5. The minimum atomic E-state index is -0.0416. The summed E-state index contributed by atoms with van der Waals surface area (Å²) in [7, 11) is 0. The van der Waals surface area contributed by atoms with Gasteiger partial charge >= 0.3 is 0 Å². The molecule has 0 radical (unpaired) electrons. The van der Waals surface area contributed by atoms with Gasteiger partial charge in [-0.3, -0.25) is 4.40 Å². The molecule has 2 aromatic carbocycles. The van der Waals surface area contributed by atoms with Gasteiger partial charge in [0.15, 0.2) is 0 Å². The number of hydrogen-bond acceptors (Lipinski definition) is 2. The van der Waals surface area contributed by atoms with Crippen molar-refractivity contribution >= 4 is 27.6 Å². The predicted octanol–water partition coefficient (Wildman–Crippen LogP) is 6.67. The van der Waals surface area contributed by atoms with E-state index in [-0.39, 0.29) is 5.41 Å². The Bertz CT molecular complexity index is 1430. The Morgan fingerprint density at radius 3 is 2.13 bits per heavy atom. The summed E-state index contributed by atoms with van der Waals surface area (Å²) in [6.45, 7) is 6.85. The van der Waals surface area contributed by atoms with E-state index in [1.54, 1.807) is 22.3 Å². The summed E-state index contributed by atoms with van der Waals surface area (Å²) in [5, 5.41) is 1.25. The van der Waals surface area contributed by atoms with E-state index in [0.717, 1.165) is 46.2 Å². The Labute approximate surface area is 176 Å². The van der Waals surface area contributed by atoms with Crippen LogP contribution in [0.1, 0.15) is 105 Å². The van der Waals surface area contributed by atoms with Crippen molar-refractivity contribution in [3.8, 4) is 0 Å². The number of fused-ring (bicyclic) bond motifs is 14. The lowest BCUT2D eigenvalue weighted by atomic mass is 9.56. The van der Waals surface area contributed by atoms with Crippen LogP contribution in [0.15, 0.2) is 24.3 Å². The highest BCUT2D eigenvalue weighted by Gasteiger charge is 2.45. The van der Waals surface area contributed by atoms with Crippen LogP contribution in [0.2, 0.25) is 0 Å². The Balaban J connectivity index is 1.52. The Kier molecular flexibility index (Phi) is 2.66. The van der Waals surface area contributed by atoms with E-state index >= 15 is 0 Å². The largest absolute Gasteiger partial charge is 0.279 e. The van der Waals surface area contributed by atoms with Crippen LogP contribution >= 0.6 is 0 Å². The molecule has 4 atom stereocenters. The summed E-state index contributed by atoms with van der Waals surface area (Å²) >= 11 is 0. The van der Waals surface area contributed by atoms with Gasteiger partial charge in [-0.25, -0.2) is 9.97 Å². The van der Waals surface area contributed by atoms with Crippen LogP contribution < -0.4 is 0 Å². The van der Waals surface area contributed by atoms with Crippen LogP contribution in [0.5, 0.6) is 0 Å². The monoisotopic (exact) mass is 393 g/mol. The van der Waals surface area contributed by atoms with Gasteiger partial charge in [0.25, 0.3) is 0 Å². The first-order chi connectivity index (χ1) is 14.5. The van der Waals surface area contributed by atoms with Crippen molar-refractivity contribution in [2.45, 2.75) is 82.0 Å². The zero-order valence-corrected chi connectivity index (χ0v) is 18.0. The maximum absolute atomic E-state index is 5.30. The summed E-state index contributed by atoms with van der Waals surface area (Å²) in [5.74, 6) is 4.28. The molecule has 4 aliphatic carbocycles. The molecule has 4 aliphatic rings. The minimum absolute atomic E-state index is 0.0416. The normalized spacial score (nSPS) is 28.5. The van der Waals surface area contributed by atoms with E-state index in [9.17, 15) is 0 Å². The topological polar surface area (TPSA) is 30.2 Å². The average molecular weight is 394 g/mol. The molecule has 0 saturated heterocycles. The Morgan fingerprint density at radius 2 is 1.43 bits per heavy atom. The highest BCUT2D eigenvalue weighted by atomic mass is 15.1. The molecule has 2 fully saturated rings. The van der Waals surface area contributed by atoms with Crippen molar-refractivity contribution in [1.82, 2.24) is 14.4 Å². The molecule has 2 bridgehead atoms. The van der Waals surface area contributed by atoms with E-state index < -0.39 is 0 Å². The quantitative estimate of drug-likeness (QED) is 0.334. The molecule has 0 amide bonds. The molecular formula is C27H27N3. The molecule has 1 unspecified atom stereocenters. The summed E-state index contributed by atoms with van der Waals surface area (Å²) in [5.41, 5.74) is 10.9. The van der Waals surface area contributed by atoms with E-state index in [0.29, 0.717) is 0 Å². The van der Waals surface area contributed by atoms with Gasteiger partial charge in [-0.2, -0.15) is 0 Å². The molecule has 2 saturated carbocycles. The van der Waals surface area contributed by atoms with Gasteiger partial charge in [0.05, 0.1) is 16.6 Å². The fraction of sp³-hybridized carbons (Fsp3) is 0.481. The van der Waals surface area contributed by atoms with Crippen molar-refractivity contribution in [3.05, 3.63) is 52.3 Å². The second-order valence-electron chi connectivity index (χ2n) is 11.4. The van der Waals surface area contributed by atoms with Crippen LogP contribution in [0.3, 0.4) is 0 Å². The van der Waals surface area contributed by atoms with Crippen LogP contribution in [0, 0.1) is 0 Å². The number of imidazole rings is 1. The van der Waals surface area contributed by atoms with Crippen molar-refractivity contribution < 1.29 is 0 Å². The molecular weight excluding hydrogens is 366 g/mol. The molecule has 8 rings (SSSR count). The zero-order valence-electron chi connectivity index (χ0n) is 18.0. The van der Waals surface area contributed by atoms with Crippen molar-refractivity contribution in [2.24, 2.45) is 0 Å². The molecule has 0 N–H and O–H groups in total. The van der Waals surface area contributed by atoms with E-state index in [1.807, 2.05) is 0 Å². The third-order valence-electron chi connectivity index (χ3n) is 8.80. The number of hydrogen-bond donors (Lipinski definition) is 0. The molecule has 0 spiro atoms. The van der Waals surface area contributed by atoms with Crippen LogP contribution in [0.4, 0.5) is 0 Å². The smallest absolute Gasteiger partial charge is 0.148 e. The fourth-order valence-electron chi connectivity index (χ4n) is 7.16. The second-order valence-corrected chi connectivity index (χ2v) is 11.4. The van der Waals surface area contributed by atoms with Gasteiger partial charge in [0, 0.05) is 10.8 Å². The van der Waals surface area contributed by atoms with Crippen molar-refractivity contribution in [1.29, 1.82) is 0 Å². The summed E-state index contributed by atoms with van der Waals surface area (Å²) < 4.78 is 2.39. The van der Waals surface area contributed by atoms with Gasteiger partial charge in [-0.15, -0.1) is 0 Å².